The lowest BCUT2D eigenvalue weighted by Gasteiger charge is -2.24. The molecule has 0 unspecified atom stereocenters. The van der Waals surface area contributed by atoms with Crippen LogP contribution < -0.4 is 10.6 Å². The van der Waals surface area contributed by atoms with Crippen LogP contribution in [0.1, 0.15) is 63.0 Å². The quantitative estimate of drug-likeness (QED) is 0.437. The van der Waals surface area contributed by atoms with Crippen molar-refractivity contribution < 1.29 is 24.2 Å². The first-order valence-corrected chi connectivity index (χ1v) is 11.4. The summed E-state index contributed by atoms with van der Waals surface area (Å²) in [7, 11) is 0. The Labute approximate surface area is 194 Å². The maximum Gasteiger partial charge on any atom is 0.407 e. The maximum atomic E-state index is 12.2. The smallest absolute Gasteiger partial charge is 0.407 e. The number of ether oxygens (including phenoxy) is 1. The average Bonchev–Trinajstić information content (AvgIpc) is 3.07. The summed E-state index contributed by atoms with van der Waals surface area (Å²) in [4.78, 5) is 35.0. The third-order valence-corrected chi connectivity index (χ3v) is 5.76. The Morgan fingerprint density at radius 2 is 1.55 bits per heavy atom. The second-order valence-electron chi connectivity index (χ2n) is 9.07. The van der Waals surface area contributed by atoms with E-state index in [1.165, 1.54) is 22.3 Å². The number of hydrogen-bond acceptors (Lipinski definition) is 4. The molecule has 0 atom stereocenters. The zero-order valence-electron chi connectivity index (χ0n) is 19.2. The highest BCUT2D eigenvalue weighted by atomic mass is 16.5. The molecule has 0 radical (unpaired) electrons. The van der Waals surface area contributed by atoms with E-state index in [-0.39, 0.29) is 24.9 Å². The molecule has 2 aromatic rings. The second-order valence-corrected chi connectivity index (χ2v) is 9.07. The third-order valence-electron chi connectivity index (χ3n) is 5.76. The zero-order valence-corrected chi connectivity index (χ0v) is 19.2. The zero-order chi connectivity index (χ0) is 23.8. The van der Waals surface area contributed by atoms with Crippen molar-refractivity contribution in [1.82, 2.24) is 10.6 Å². The monoisotopic (exact) mass is 452 g/mol. The highest BCUT2D eigenvalue weighted by Crippen LogP contribution is 2.44. The number of amides is 2. The number of carboxylic acids is 1. The van der Waals surface area contributed by atoms with Gasteiger partial charge in [0.2, 0.25) is 5.91 Å². The predicted molar refractivity (Wildman–Crippen MR) is 126 cm³/mol. The molecule has 0 spiro atoms. The molecule has 1 aliphatic rings. The van der Waals surface area contributed by atoms with Gasteiger partial charge in [0.05, 0.1) is 6.42 Å². The number of aliphatic carboxylic acids is 1. The fraction of sp³-hybridized carbons (Fsp3) is 0.423. The second kappa shape index (κ2) is 11.0. The third kappa shape index (κ3) is 6.81. The summed E-state index contributed by atoms with van der Waals surface area (Å²) in [6.45, 7) is 4.14. The summed E-state index contributed by atoms with van der Waals surface area (Å²) in [5, 5.41) is 14.4. The SMILES string of the molecule is CC(C)(CC(=O)O)NC(=O)CCCCCNC(=O)OCC1c2ccccc2-c2ccccc21. The van der Waals surface area contributed by atoms with E-state index in [0.29, 0.717) is 19.4 Å². The Balaban J connectivity index is 1.33. The Hall–Kier alpha value is -3.35. The maximum absolute atomic E-state index is 12.2. The lowest BCUT2D eigenvalue weighted by atomic mass is 9.98. The van der Waals surface area contributed by atoms with E-state index in [1.54, 1.807) is 13.8 Å². The first kappa shape index (κ1) is 24.3. The summed E-state index contributed by atoms with van der Waals surface area (Å²) in [5.74, 6) is -1.07. The van der Waals surface area contributed by atoms with E-state index in [9.17, 15) is 14.4 Å². The van der Waals surface area contributed by atoms with Crippen LogP contribution in [0.25, 0.3) is 11.1 Å². The molecule has 0 saturated carbocycles. The van der Waals surface area contributed by atoms with Gasteiger partial charge in [-0.2, -0.15) is 0 Å². The van der Waals surface area contributed by atoms with Gasteiger partial charge < -0.3 is 20.5 Å². The van der Waals surface area contributed by atoms with E-state index in [2.05, 4.69) is 34.9 Å². The minimum atomic E-state index is -0.945. The van der Waals surface area contributed by atoms with Gasteiger partial charge in [0.15, 0.2) is 0 Å². The summed E-state index contributed by atoms with van der Waals surface area (Å²) in [6.07, 6.45) is 1.94. The van der Waals surface area contributed by atoms with Crippen LogP contribution in [-0.4, -0.2) is 41.8 Å². The first-order valence-electron chi connectivity index (χ1n) is 11.4. The molecule has 0 fully saturated rings. The number of fused-ring (bicyclic) bond motifs is 3. The van der Waals surface area contributed by atoms with Crippen LogP contribution in [-0.2, 0) is 14.3 Å². The lowest BCUT2D eigenvalue weighted by Crippen LogP contribution is -2.44. The Morgan fingerprint density at radius 1 is 0.939 bits per heavy atom. The van der Waals surface area contributed by atoms with Crippen LogP contribution in [0, 0.1) is 0 Å². The molecule has 3 rings (SSSR count). The number of hydrogen-bond donors (Lipinski definition) is 3. The van der Waals surface area contributed by atoms with Gasteiger partial charge in [0, 0.05) is 24.4 Å². The summed E-state index contributed by atoms with van der Waals surface area (Å²) in [5.41, 5.74) is 3.97. The molecule has 0 aliphatic heterocycles. The van der Waals surface area contributed by atoms with Crippen molar-refractivity contribution in [3.8, 4) is 11.1 Å². The number of carbonyl (C=O) groups is 3. The van der Waals surface area contributed by atoms with E-state index in [1.807, 2.05) is 24.3 Å². The predicted octanol–water partition coefficient (Wildman–Crippen LogP) is 4.46. The van der Waals surface area contributed by atoms with Crippen LogP contribution in [0.5, 0.6) is 0 Å². The number of rotatable bonds is 11. The molecule has 176 valence electrons. The van der Waals surface area contributed by atoms with Crippen LogP contribution in [0.3, 0.4) is 0 Å². The molecule has 7 nitrogen and oxygen atoms in total. The van der Waals surface area contributed by atoms with Crippen molar-refractivity contribution in [3.05, 3.63) is 59.7 Å². The first-order chi connectivity index (χ1) is 15.8. The molecule has 0 heterocycles. The molecule has 7 heteroatoms. The van der Waals surface area contributed by atoms with E-state index in [4.69, 9.17) is 9.84 Å². The van der Waals surface area contributed by atoms with Crippen LogP contribution in [0.15, 0.2) is 48.5 Å². The largest absolute Gasteiger partial charge is 0.481 e. The molecule has 3 N–H and O–H groups in total. The molecular formula is C26H32N2O5. The van der Waals surface area contributed by atoms with Crippen molar-refractivity contribution in [2.75, 3.05) is 13.2 Å². The summed E-state index contributed by atoms with van der Waals surface area (Å²) >= 11 is 0. The van der Waals surface area contributed by atoms with Gasteiger partial charge in [0.1, 0.15) is 6.61 Å². The molecule has 2 aromatic carbocycles. The highest BCUT2D eigenvalue weighted by molar-refractivity contribution is 5.79. The molecule has 0 bridgehead atoms. The fourth-order valence-corrected chi connectivity index (χ4v) is 4.29. The topological polar surface area (TPSA) is 105 Å². The Kier molecular flexibility index (Phi) is 8.09. The minimum Gasteiger partial charge on any atom is -0.481 e. The van der Waals surface area contributed by atoms with Crippen molar-refractivity contribution in [1.29, 1.82) is 0 Å². The number of unbranched alkanes of at least 4 members (excludes halogenated alkanes) is 2. The van der Waals surface area contributed by atoms with Gasteiger partial charge in [-0.3, -0.25) is 9.59 Å². The average molecular weight is 453 g/mol. The number of nitrogens with one attached hydrogen (secondary N) is 2. The van der Waals surface area contributed by atoms with Crippen LogP contribution in [0.2, 0.25) is 0 Å². The normalized spacial score (nSPS) is 12.5. The molecular weight excluding hydrogens is 420 g/mol. The van der Waals surface area contributed by atoms with Crippen molar-refractivity contribution in [2.24, 2.45) is 0 Å². The number of benzene rings is 2. The van der Waals surface area contributed by atoms with Gasteiger partial charge in [-0.25, -0.2) is 4.79 Å². The lowest BCUT2D eigenvalue weighted by molar-refractivity contribution is -0.138. The van der Waals surface area contributed by atoms with Crippen molar-refractivity contribution in [2.45, 2.75) is 57.4 Å². The van der Waals surface area contributed by atoms with Crippen molar-refractivity contribution >= 4 is 18.0 Å². The molecule has 33 heavy (non-hydrogen) atoms. The highest BCUT2D eigenvalue weighted by Gasteiger charge is 2.29. The van der Waals surface area contributed by atoms with Crippen molar-refractivity contribution in [3.63, 3.8) is 0 Å². The van der Waals surface area contributed by atoms with E-state index in [0.717, 1.165) is 12.8 Å². The van der Waals surface area contributed by atoms with E-state index < -0.39 is 17.6 Å². The number of alkyl carbamates (subject to hydrolysis) is 1. The van der Waals surface area contributed by atoms with Gasteiger partial charge in [-0.15, -0.1) is 0 Å². The fourth-order valence-electron chi connectivity index (χ4n) is 4.29. The van der Waals surface area contributed by atoms with Gasteiger partial charge >= 0.3 is 12.1 Å². The molecule has 2 amide bonds. The Morgan fingerprint density at radius 3 is 2.15 bits per heavy atom. The minimum absolute atomic E-state index is 0.0343. The van der Waals surface area contributed by atoms with Crippen LogP contribution >= 0.6 is 0 Å². The summed E-state index contributed by atoms with van der Waals surface area (Å²) < 4.78 is 5.51. The summed E-state index contributed by atoms with van der Waals surface area (Å²) in [6, 6.07) is 16.4. The number of carboxylic acid groups (broad SMARTS) is 1. The van der Waals surface area contributed by atoms with Gasteiger partial charge in [-0.05, 0) is 48.9 Å². The molecule has 0 aromatic heterocycles. The van der Waals surface area contributed by atoms with Gasteiger partial charge in [-0.1, -0.05) is 55.0 Å². The van der Waals surface area contributed by atoms with Crippen LogP contribution in [0.4, 0.5) is 4.79 Å². The number of carbonyl (C=O) groups excluding carboxylic acids is 2. The molecule has 0 saturated heterocycles. The van der Waals surface area contributed by atoms with Gasteiger partial charge in [0.25, 0.3) is 0 Å². The standard InChI is InChI=1S/C26H32N2O5/c1-26(2,16-24(30)31)28-23(29)14-4-3-9-15-27-25(32)33-17-22-20-12-7-5-10-18(20)19-11-6-8-13-21(19)22/h5-8,10-13,22H,3-4,9,14-17H2,1-2H3,(H,27,32)(H,28,29)(H,30,31). The van der Waals surface area contributed by atoms with E-state index >= 15 is 0 Å². The molecule has 1 aliphatic carbocycles. The Bertz CT molecular complexity index is 956.